The van der Waals surface area contributed by atoms with Gasteiger partial charge in [0.05, 0.1) is 11.9 Å². The zero-order valence-electron chi connectivity index (χ0n) is 14.9. The fourth-order valence-corrected chi connectivity index (χ4v) is 5.91. The van der Waals surface area contributed by atoms with Crippen LogP contribution in [0.2, 0.25) is 0 Å². The molecule has 1 N–H and O–H groups in total. The Bertz CT molecular complexity index is 609. The molecule has 1 unspecified atom stereocenters. The molecule has 3 aliphatic rings. The van der Waals surface area contributed by atoms with Gasteiger partial charge in [0.25, 0.3) is 0 Å². The smallest absolute Gasteiger partial charge is 0.234 e. The summed E-state index contributed by atoms with van der Waals surface area (Å²) in [5.74, 6) is 0.452. The van der Waals surface area contributed by atoms with E-state index in [1.54, 1.807) is 9.21 Å². The molecular formula is C18H30N2O4S. The quantitative estimate of drug-likeness (QED) is 0.801. The van der Waals surface area contributed by atoms with Crippen LogP contribution in [-0.2, 0) is 14.8 Å². The molecular weight excluding hydrogens is 340 g/mol. The molecule has 1 atom stereocenters. The first-order chi connectivity index (χ1) is 12.0. The van der Waals surface area contributed by atoms with Crippen molar-refractivity contribution in [1.29, 1.82) is 0 Å². The van der Waals surface area contributed by atoms with Gasteiger partial charge in [-0.05, 0) is 57.3 Å². The second-order valence-electron chi connectivity index (χ2n) is 7.50. The summed E-state index contributed by atoms with van der Waals surface area (Å²) < 4.78 is 27.2. The summed E-state index contributed by atoms with van der Waals surface area (Å²) >= 11 is 0. The maximum atomic E-state index is 12.8. The first-order valence-corrected chi connectivity index (χ1v) is 11.2. The van der Waals surface area contributed by atoms with Crippen LogP contribution in [0, 0.1) is 5.92 Å². The number of piperidine rings is 2. The second kappa shape index (κ2) is 8.08. The molecule has 0 bridgehead atoms. The molecule has 0 aromatic carbocycles. The lowest BCUT2D eigenvalue weighted by molar-refractivity contribution is -0.133. The number of rotatable bonds is 5. The Morgan fingerprint density at radius 1 is 1.12 bits per heavy atom. The SMILES string of the molecule is O=C(CCCS(=O)(=O)N1CCCC2CCCC=C21)N1CCC(O)CC1. The number of amides is 1. The van der Waals surface area contributed by atoms with Gasteiger partial charge in [0.2, 0.25) is 15.9 Å². The van der Waals surface area contributed by atoms with Crippen LogP contribution in [0.1, 0.15) is 57.8 Å². The van der Waals surface area contributed by atoms with Crippen LogP contribution in [0.15, 0.2) is 11.8 Å². The Balaban J connectivity index is 1.51. The number of carbonyl (C=O) groups excluding carboxylic acids is 1. The van der Waals surface area contributed by atoms with E-state index in [4.69, 9.17) is 0 Å². The monoisotopic (exact) mass is 370 g/mol. The first-order valence-electron chi connectivity index (χ1n) is 9.63. The van der Waals surface area contributed by atoms with Crippen LogP contribution >= 0.6 is 0 Å². The number of aliphatic hydroxyl groups is 1. The number of nitrogens with zero attached hydrogens (tertiary/aromatic N) is 2. The lowest BCUT2D eigenvalue weighted by atomic mass is 9.86. The fourth-order valence-electron chi connectivity index (χ4n) is 4.23. The van der Waals surface area contributed by atoms with Crippen molar-refractivity contribution in [2.24, 2.45) is 5.92 Å². The van der Waals surface area contributed by atoms with E-state index in [2.05, 4.69) is 6.08 Å². The topological polar surface area (TPSA) is 77.9 Å². The standard InChI is InChI=1S/C18H30N2O4S/c21-16-9-12-19(13-10-16)18(22)8-4-14-25(23,24)20-11-3-6-15-5-1-2-7-17(15)20/h7,15-16,21H,1-6,8-14H2. The maximum absolute atomic E-state index is 12.8. The molecule has 142 valence electrons. The number of hydrogen-bond acceptors (Lipinski definition) is 4. The van der Waals surface area contributed by atoms with E-state index in [9.17, 15) is 18.3 Å². The Kier molecular flexibility index (Phi) is 6.04. The van der Waals surface area contributed by atoms with Crippen LogP contribution in [0.3, 0.4) is 0 Å². The summed E-state index contributed by atoms with van der Waals surface area (Å²) in [4.78, 5) is 14.0. The van der Waals surface area contributed by atoms with Crippen LogP contribution in [0.4, 0.5) is 0 Å². The minimum atomic E-state index is -3.33. The predicted octanol–water partition coefficient (Wildman–Crippen LogP) is 1.86. The van der Waals surface area contributed by atoms with E-state index in [0.717, 1.165) is 37.8 Å². The van der Waals surface area contributed by atoms with Gasteiger partial charge in [0.15, 0.2) is 0 Å². The molecule has 0 aromatic heterocycles. The van der Waals surface area contributed by atoms with Crippen molar-refractivity contribution in [2.45, 2.75) is 63.9 Å². The number of aliphatic hydroxyl groups excluding tert-OH is 1. The van der Waals surface area contributed by atoms with Gasteiger partial charge in [-0.2, -0.15) is 0 Å². The van der Waals surface area contributed by atoms with Crippen molar-refractivity contribution < 1.29 is 18.3 Å². The third-order valence-electron chi connectivity index (χ3n) is 5.68. The zero-order valence-corrected chi connectivity index (χ0v) is 15.7. The molecule has 2 aliphatic heterocycles. The Labute approximate surface area is 150 Å². The number of sulfonamides is 1. The Morgan fingerprint density at radius 2 is 1.84 bits per heavy atom. The van der Waals surface area contributed by atoms with Gasteiger partial charge in [-0.25, -0.2) is 8.42 Å². The van der Waals surface area contributed by atoms with Gasteiger partial charge in [-0.15, -0.1) is 0 Å². The van der Waals surface area contributed by atoms with Gasteiger partial charge in [-0.3, -0.25) is 9.10 Å². The summed E-state index contributed by atoms with van der Waals surface area (Å²) in [5, 5.41) is 9.50. The van der Waals surface area contributed by atoms with Crippen molar-refractivity contribution in [3.05, 3.63) is 11.8 Å². The lowest BCUT2D eigenvalue weighted by Gasteiger charge is -2.38. The van der Waals surface area contributed by atoms with Crippen molar-refractivity contribution in [2.75, 3.05) is 25.4 Å². The van der Waals surface area contributed by atoms with E-state index in [0.29, 0.717) is 44.8 Å². The molecule has 0 radical (unpaired) electrons. The van der Waals surface area contributed by atoms with Crippen molar-refractivity contribution in [3.63, 3.8) is 0 Å². The van der Waals surface area contributed by atoms with Crippen LogP contribution < -0.4 is 0 Å². The third-order valence-corrected chi connectivity index (χ3v) is 7.55. The highest BCUT2D eigenvalue weighted by Crippen LogP contribution is 2.36. The Hall–Kier alpha value is -1.08. The summed E-state index contributed by atoms with van der Waals surface area (Å²) in [6.07, 6.45) is 8.92. The molecule has 0 spiro atoms. The molecule has 1 aliphatic carbocycles. The minimum Gasteiger partial charge on any atom is -0.393 e. The summed E-state index contributed by atoms with van der Waals surface area (Å²) in [5.41, 5.74) is 1.01. The molecule has 3 rings (SSSR count). The summed E-state index contributed by atoms with van der Waals surface area (Å²) in [7, 11) is -3.33. The normalized spacial score (nSPS) is 25.5. The predicted molar refractivity (Wildman–Crippen MR) is 96.2 cm³/mol. The molecule has 2 saturated heterocycles. The van der Waals surface area contributed by atoms with Crippen LogP contribution in [0.5, 0.6) is 0 Å². The highest BCUT2D eigenvalue weighted by molar-refractivity contribution is 7.89. The zero-order chi connectivity index (χ0) is 17.9. The molecule has 1 amide bonds. The fraction of sp³-hybridized carbons (Fsp3) is 0.833. The summed E-state index contributed by atoms with van der Waals surface area (Å²) in [6, 6.07) is 0. The molecule has 25 heavy (non-hydrogen) atoms. The molecule has 2 fully saturated rings. The molecule has 0 aromatic rings. The van der Waals surface area contributed by atoms with E-state index in [1.165, 1.54) is 0 Å². The average molecular weight is 371 g/mol. The van der Waals surface area contributed by atoms with E-state index in [1.807, 2.05) is 0 Å². The molecule has 6 nitrogen and oxygen atoms in total. The highest BCUT2D eigenvalue weighted by Gasteiger charge is 2.33. The first kappa shape index (κ1) is 18.7. The van der Waals surface area contributed by atoms with E-state index < -0.39 is 10.0 Å². The lowest BCUT2D eigenvalue weighted by Crippen LogP contribution is -2.41. The van der Waals surface area contributed by atoms with Crippen molar-refractivity contribution >= 4 is 15.9 Å². The summed E-state index contributed by atoms with van der Waals surface area (Å²) in [6.45, 7) is 1.74. The van der Waals surface area contributed by atoms with E-state index >= 15 is 0 Å². The van der Waals surface area contributed by atoms with Crippen LogP contribution in [-0.4, -0.2) is 60.1 Å². The van der Waals surface area contributed by atoms with E-state index in [-0.39, 0.29) is 24.2 Å². The number of fused-ring (bicyclic) bond motifs is 1. The third kappa shape index (κ3) is 4.56. The number of likely N-dealkylation sites (tertiary alicyclic amines) is 1. The highest BCUT2D eigenvalue weighted by atomic mass is 32.2. The maximum Gasteiger partial charge on any atom is 0.234 e. The molecule has 7 heteroatoms. The second-order valence-corrected chi connectivity index (χ2v) is 9.52. The molecule has 2 heterocycles. The van der Waals surface area contributed by atoms with Gasteiger partial charge >= 0.3 is 0 Å². The van der Waals surface area contributed by atoms with Gasteiger partial charge in [0, 0.05) is 31.8 Å². The molecule has 0 saturated carbocycles. The van der Waals surface area contributed by atoms with Crippen molar-refractivity contribution in [1.82, 2.24) is 9.21 Å². The number of allylic oxidation sites excluding steroid dienone is 2. The average Bonchev–Trinajstić information content (AvgIpc) is 2.61. The Morgan fingerprint density at radius 3 is 2.60 bits per heavy atom. The van der Waals surface area contributed by atoms with Gasteiger partial charge in [-0.1, -0.05) is 6.08 Å². The van der Waals surface area contributed by atoms with Gasteiger partial charge < -0.3 is 10.0 Å². The number of hydrogen-bond donors (Lipinski definition) is 1. The van der Waals surface area contributed by atoms with Gasteiger partial charge in [0.1, 0.15) is 0 Å². The van der Waals surface area contributed by atoms with Crippen LogP contribution in [0.25, 0.3) is 0 Å². The minimum absolute atomic E-state index is 0.00972. The number of carbonyl (C=O) groups is 1. The largest absolute Gasteiger partial charge is 0.393 e. The van der Waals surface area contributed by atoms with Crippen molar-refractivity contribution in [3.8, 4) is 0 Å².